The second kappa shape index (κ2) is 7.14. The minimum absolute atomic E-state index is 0.108. The molecule has 0 saturated heterocycles. The van der Waals surface area contributed by atoms with Crippen LogP contribution in [-0.4, -0.2) is 52.3 Å². The highest BCUT2D eigenvalue weighted by Gasteiger charge is 2.28. The monoisotopic (exact) mass is 333 g/mol. The molecule has 1 aliphatic rings. The number of hydrogen-bond acceptors (Lipinski definition) is 6. The number of aromatic nitrogens is 3. The van der Waals surface area contributed by atoms with Crippen molar-refractivity contribution >= 4 is 5.91 Å². The van der Waals surface area contributed by atoms with E-state index in [9.17, 15) is 4.79 Å². The van der Waals surface area contributed by atoms with Gasteiger partial charge in [0.05, 0.1) is 18.3 Å². The summed E-state index contributed by atoms with van der Waals surface area (Å²) in [5, 5.41) is 6.86. The van der Waals surface area contributed by atoms with Gasteiger partial charge in [-0.15, -0.1) is 0 Å². The van der Waals surface area contributed by atoms with Crippen molar-refractivity contribution in [3.63, 3.8) is 0 Å². The first-order valence-electron chi connectivity index (χ1n) is 8.09. The third-order valence-electron chi connectivity index (χ3n) is 4.22. The van der Waals surface area contributed by atoms with Crippen molar-refractivity contribution < 1.29 is 14.1 Å². The van der Waals surface area contributed by atoms with Crippen LogP contribution in [0.1, 0.15) is 40.7 Å². The zero-order valence-electron chi connectivity index (χ0n) is 14.3. The quantitative estimate of drug-likeness (QED) is 0.798. The predicted molar refractivity (Wildman–Crippen MR) is 86.5 cm³/mol. The molecule has 8 heteroatoms. The molecule has 1 unspecified atom stereocenters. The van der Waals surface area contributed by atoms with Crippen molar-refractivity contribution in [3.05, 3.63) is 35.2 Å². The maximum Gasteiger partial charge on any atom is 0.271 e. The summed E-state index contributed by atoms with van der Waals surface area (Å²) in [6.07, 6.45) is 1.82. The zero-order chi connectivity index (χ0) is 17.1. The van der Waals surface area contributed by atoms with Crippen LogP contribution < -0.4 is 5.32 Å². The number of rotatable bonds is 6. The van der Waals surface area contributed by atoms with E-state index >= 15 is 0 Å². The van der Waals surface area contributed by atoms with Gasteiger partial charge in [0.2, 0.25) is 0 Å². The van der Waals surface area contributed by atoms with E-state index in [0.29, 0.717) is 25.4 Å². The van der Waals surface area contributed by atoms with Crippen LogP contribution in [0, 0.1) is 6.92 Å². The molecule has 3 rings (SSSR count). The normalized spacial score (nSPS) is 17.7. The minimum Gasteiger partial charge on any atom is -0.383 e. The fraction of sp³-hybridized carbons (Fsp3) is 0.562. The average Bonchev–Trinajstić information content (AvgIpc) is 3.17. The number of aryl methyl sites for hydroxylation is 1. The van der Waals surface area contributed by atoms with Crippen LogP contribution in [0.4, 0.5) is 0 Å². The number of imidazole rings is 1. The van der Waals surface area contributed by atoms with Gasteiger partial charge >= 0.3 is 0 Å². The summed E-state index contributed by atoms with van der Waals surface area (Å²) < 4.78 is 12.1. The van der Waals surface area contributed by atoms with Gasteiger partial charge in [0.1, 0.15) is 17.3 Å². The van der Waals surface area contributed by atoms with Crippen LogP contribution in [-0.2, 0) is 17.8 Å². The molecule has 0 saturated carbocycles. The third kappa shape index (κ3) is 3.49. The molecule has 130 valence electrons. The van der Waals surface area contributed by atoms with Crippen LogP contribution in [0.15, 0.2) is 16.8 Å². The summed E-state index contributed by atoms with van der Waals surface area (Å²) in [6, 6.07) is 2.05. The highest BCUT2D eigenvalue weighted by Crippen LogP contribution is 2.26. The molecule has 1 atom stereocenters. The average molecular weight is 333 g/mol. The number of carbonyl (C=O) groups is 1. The Hall–Kier alpha value is -2.19. The molecular weight excluding hydrogens is 310 g/mol. The highest BCUT2D eigenvalue weighted by atomic mass is 16.5. The van der Waals surface area contributed by atoms with Gasteiger partial charge in [0.15, 0.2) is 0 Å². The van der Waals surface area contributed by atoms with Crippen LogP contribution in [0.5, 0.6) is 0 Å². The summed E-state index contributed by atoms with van der Waals surface area (Å²) in [5.74, 6) is 1.55. The van der Waals surface area contributed by atoms with Crippen molar-refractivity contribution in [2.24, 2.45) is 0 Å². The molecule has 0 radical (unpaired) electrons. The standard InChI is InChI=1S/C16H23N5O3/c1-11-8-13(19-24-11)9-20-5-6-21-10-14(18-15(21)12(20)2)16(22)17-4-7-23-3/h8,10,12H,4-7,9H2,1-3H3,(H,17,22). The van der Waals surface area contributed by atoms with Crippen molar-refractivity contribution in [3.8, 4) is 0 Å². The number of hydrogen-bond donors (Lipinski definition) is 1. The molecule has 1 aliphatic heterocycles. The van der Waals surface area contributed by atoms with E-state index in [1.807, 2.05) is 19.2 Å². The van der Waals surface area contributed by atoms with E-state index in [1.54, 1.807) is 7.11 Å². The van der Waals surface area contributed by atoms with E-state index in [-0.39, 0.29) is 11.9 Å². The number of carbonyl (C=O) groups excluding carboxylic acids is 1. The molecule has 0 aromatic carbocycles. The smallest absolute Gasteiger partial charge is 0.271 e. The Kier molecular flexibility index (Phi) is 4.96. The van der Waals surface area contributed by atoms with Gasteiger partial charge in [-0.2, -0.15) is 0 Å². The van der Waals surface area contributed by atoms with Crippen molar-refractivity contribution in [1.82, 2.24) is 24.9 Å². The number of fused-ring (bicyclic) bond motifs is 1. The maximum absolute atomic E-state index is 12.1. The van der Waals surface area contributed by atoms with Gasteiger partial charge in [-0.1, -0.05) is 5.16 Å². The van der Waals surface area contributed by atoms with E-state index in [1.165, 1.54) is 0 Å². The lowest BCUT2D eigenvalue weighted by atomic mass is 10.2. The SMILES string of the molecule is COCCNC(=O)c1cn2c(n1)C(C)N(Cc1cc(C)on1)CC2. The molecule has 1 amide bonds. The maximum atomic E-state index is 12.1. The van der Waals surface area contributed by atoms with Gasteiger partial charge in [-0.25, -0.2) is 4.98 Å². The van der Waals surface area contributed by atoms with Gasteiger partial charge in [0, 0.05) is 45.6 Å². The van der Waals surface area contributed by atoms with Gasteiger partial charge < -0.3 is 19.1 Å². The number of nitrogens with zero attached hydrogens (tertiary/aromatic N) is 4. The zero-order valence-corrected chi connectivity index (χ0v) is 14.3. The summed E-state index contributed by atoms with van der Waals surface area (Å²) >= 11 is 0. The summed E-state index contributed by atoms with van der Waals surface area (Å²) in [7, 11) is 1.61. The molecular formula is C16H23N5O3. The van der Waals surface area contributed by atoms with Crippen LogP contribution >= 0.6 is 0 Å². The first-order chi connectivity index (χ1) is 11.6. The Labute approximate surface area is 140 Å². The van der Waals surface area contributed by atoms with Crippen molar-refractivity contribution in [2.45, 2.75) is 33.0 Å². The Bertz CT molecular complexity index is 708. The number of ether oxygens (including phenoxy) is 1. The Morgan fingerprint density at radius 1 is 1.50 bits per heavy atom. The number of amides is 1. The molecule has 1 N–H and O–H groups in total. The second-order valence-electron chi connectivity index (χ2n) is 6.00. The Balaban J connectivity index is 1.68. The van der Waals surface area contributed by atoms with E-state index in [2.05, 4.69) is 31.8 Å². The van der Waals surface area contributed by atoms with Gasteiger partial charge in [0.25, 0.3) is 5.91 Å². The first-order valence-corrected chi connectivity index (χ1v) is 8.09. The molecule has 2 aromatic heterocycles. The summed E-state index contributed by atoms with van der Waals surface area (Å²) in [4.78, 5) is 19.0. The molecule has 0 aliphatic carbocycles. The Morgan fingerprint density at radius 3 is 3.04 bits per heavy atom. The van der Waals surface area contributed by atoms with E-state index in [0.717, 1.165) is 30.4 Å². The lowest BCUT2D eigenvalue weighted by Gasteiger charge is -2.32. The second-order valence-corrected chi connectivity index (χ2v) is 6.00. The fourth-order valence-corrected chi connectivity index (χ4v) is 2.92. The molecule has 24 heavy (non-hydrogen) atoms. The molecule has 2 aromatic rings. The predicted octanol–water partition coefficient (Wildman–Crippen LogP) is 1.13. The topological polar surface area (TPSA) is 85.4 Å². The number of methoxy groups -OCH3 is 1. The van der Waals surface area contributed by atoms with E-state index in [4.69, 9.17) is 9.26 Å². The molecule has 3 heterocycles. The Morgan fingerprint density at radius 2 is 2.33 bits per heavy atom. The van der Waals surface area contributed by atoms with Crippen LogP contribution in [0.3, 0.4) is 0 Å². The van der Waals surface area contributed by atoms with Gasteiger partial charge in [-0.05, 0) is 13.8 Å². The minimum atomic E-state index is -0.167. The van der Waals surface area contributed by atoms with Gasteiger partial charge in [-0.3, -0.25) is 9.69 Å². The van der Waals surface area contributed by atoms with Crippen LogP contribution in [0.2, 0.25) is 0 Å². The molecule has 0 spiro atoms. The van der Waals surface area contributed by atoms with Crippen molar-refractivity contribution in [2.75, 3.05) is 26.8 Å². The summed E-state index contributed by atoms with van der Waals surface area (Å²) in [6.45, 7) is 7.33. The lowest BCUT2D eigenvalue weighted by molar-refractivity contribution is 0.0932. The highest BCUT2D eigenvalue weighted by molar-refractivity contribution is 5.92. The van der Waals surface area contributed by atoms with E-state index < -0.39 is 0 Å². The third-order valence-corrected chi connectivity index (χ3v) is 4.22. The molecule has 0 fully saturated rings. The molecule has 0 bridgehead atoms. The fourth-order valence-electron chi connectivity index (χ4n) is 2.92. The number of nitrogens with one attached hydrogen (secondary N) is 1. The lowest BCUT2D eigenvalue weighted by Crippen LogP contribution is -2.36. The summed E-state index contributed by atoms with van der Waals surface area (Å²) in [5.41, 5.74) is 1.36. The first kappa shape index (κ1) is 16.7. The van der Waals surface area contributed by atoms with Crippen molar-refractivity contribution in [1.29, 1.82) is 0 Å². The molecule has 8 nitrogen and oxygen atoms in total. The largest absolute Gasteiger partial charge is 0.383 e. The van der Waals surface area contributed by atoms with Crippen LogP contribution in [0.25, 0.3) is 0 Å².